The lowest BCUT2D eigenvalue weighted by atomic mass is 10.2. The number of hydrogen-bond acceptors (Lipinski definition) is 8. The summed E-state index contributed by atoms with van der Waals surface area (Å²) in [5.41, 5.74) is 0.940. The predicted molar refractivity (Wildman–Crippen MR) is 127 cm³/mol. The molecule has 0 bridgehead atoms. The zero-order valence-corrected chi connectivity index (χ0v) is 19.8. The molecule has 1 saturated heterocycles. The van der Waals surface area contributed by atoms with E-state index in [0.29, 0.717) is 18.8 Å². The third-order valence-electron chi connectivity index (χ3n) is 5.29. The summed E-state index contributed by atoms with van der Waals surface area (Å²) in [5, 5.41) is 14.4. The summed E-state index contributed by atoms with van der Waals surface area (Å²) < 4.78 is 38.0. The van der Waals surface area contributed by atoms with Crippen LogP contribution >= 0.6 is 0 Å². The fourth-order valence-electron chi connectivity index (χ4n) is 3.61. The highest BCUT2D eigenvalue weighted by Crippen LogP contribution is 2.31. The van der Waals surface area contributed by atoms with Gasteiger partial charge in [-0.05, 0) is 43.2 Å². The zero-order chi connectivity index (χ0) is 24.6. The summed E-state index contributed by atoms with van der Waals surface area (Å²) in [4.78, 5) is 24.8. The molecule has 11 heteroatoms. The van der Waals surface area contributed by atoms with Crippen LogP contribution in [0, 0.1) is 0 Å². The Morgan fingerprint density at radius 1 is 1.09 bits per heavy atom. The van der Waals surface area contributed by atoms with Crippen molar-refractivity contribution in [1.82, 2.24) is 4.31 Å². The third-order valence-corrected chi connectivity index (χ3v) is 7.21. The molecule has 1 fully saturated rings. The molecule has 34 heavy (non-hydrogen) atoms. The number of nitrogens with zero attached hydrogens (tertiary/aromatic N) is 1. The van der Waals surface area contributed by atoms with Crippen LogP contribution in [0.25, 0.3) is 0 Å². The Hall–Kier alpha value is -3.15. The maximum Gasteiger partial charge on any atom is 0.340 e. The molecule has 0 saturated carbocycles. The van der Waals surface area contributed by atoms with Gasteiger partial charge in [0.25, 0.3) is 5.91 Å². The van der Waals surface area contributed by atoms with E-state index in [9.17, 15) is 18.0 Å². The summed E-state index contributed by atoms with van der Waals surface area (Å²) in [6.07, 6.45) is 2.57. The number of carbonyl (C=O) groups is 2. The smallest absolute Gasteiger partial charge is 0.340 e. The standard InChI is InChI=1S/C23H29N3O7S/c1-32-20-10-9-17(15-21(20)34(30,31)26-12-5-2-6-13-26)25-22(28)16-33-23(29)18-7-3-4-8-19(18)24-11-14-27/h3-4,7-10,15,24,27H,2,5-6,11-14,16H2,1H3,(H,25,28). The number of aliphatic hydroxyl groups is 1. The lowest BCUT2D eigenvalue weighted by Crippen LogP contribution is -2.35. The molecule has 1 aliphatic rings. The van der Waals surface area contributed by atoms with Gasteiger partial charge in [0.1, 0.15) is 10.6 Å². The van der Waals surface area contributed by atoms with Gasteiger partial charge in [-0.25, -0.2) is 13.2 Å². The van der Waals surface area contributed by atoms with E-state index in [4.69, 9.17) is 14.6 Å². The first-order valence-corrected chi connectivity index (χ1v) is 12.4. The normalized spacial score (nSPS) is 14.3. The number of anilines is 2. The van der Waals surface area contributed by atoms with Crippen LogP contribution in [0.1, 0.15) is 29.6 Å². The van der Waals surface area contributed by atoms with Crippen LogP contribution in [0.15, 0.2) is 47.4 Å². The Bertz CT molecular complexity index is 1120. The van der Waals surface area contributed by atoms with Crippen LogP contribution in [-0.2, 0) is 19.6 Å². The number of methoxy groups -OCH3 is 1. The number of piperidine rings is 1. The van der Waals surface area contributed by atoms with Gasteiger partial charge in [-0.15, -0.1) is 0 Å². The van der Waals surface area contributed by atoms with Crippen LogP contribution in [-0.4, -0.2) is 69.7 Å². The fraction of sp³-hybridized carbons (Fsp3) is 0.391. The second kappa shape index (κ2) is 11.8. The third kappa shape index (κ3) is 6.25. The predicted octanol–water partition coefficient (Wildman–Crippen LogP) is 2.07. The van der Waals surface area contributed by atoms with Gasteiger partial charge in [0.2, 0.25) is 10.0 Å². The molecule has 184 valence electrons. The number of hydrogen-bond donors (Lipinski definition) is 3. The minimum Gasteiger partial charge on any atom is -0.495 e. The first-order chi connectivity index (χ1) is 16.4. The number of benzene rings is 2. The maximum absolute atomic E-state index is 13.1. The Labute approximate surface area is 198 Å². The molecule has 3 rings (SSSR count). The molecule has 0 spiro atoms. The molecule has 1 amide bonds. The molecular formula is C23H29N3O7S. The molecule has 1 aliphatic heterocycles. The highest BCUT2D eigenvalue weighted by molar-refractivity contribution is 7.89. The van der Waals surface area contributed by atoms with Crippen molar-refractivity contribution >= 4 is 33.3 Å². The molecule has 0 radical (unpaired) electrons. The Morgan fingerprint density at radius 2 is 1.82 bits per heavy atom. The van der Waals surface area contributed by atoms with Crippen molar-refractivity contribution in [3.63, 3.8) is 0 Å². The van der Waals surface area contributed by atoms with Gasteiger partial charge >= 0.3 is 5.97 Å². The van der Waals surface area contributed by atoms with E-state index in [1.165, 1.54) is 29.6 Å². The molecule has 1 heterocycles. The first kappa shape index (κ1) is 25.5. The molecule has 3 N–H and O–H groups in total. The SMILES string of the molecule is COc1ccc(NC(=O)COC(=O)c2ccccc2NCCO)cc1S(=O)(=O)N1CCCCC1. The molecular weight excluding hydrogens is 462 g/mol. The molecule has 0 aromatic heterocycles. The Morgan fingerprint density at radius 3 is 2.53 bits per heavy atom. The number of esters is 1. The van der Waals surface area contributed by atoms with Gasteiger partial charge in [-0.3, -0.25) is 4.79 Å². The van der Waals surface area contributed by atoms with Crippen molar-refractivity contribution in [2.24, 2.45) is 0 Å². The Kier molecular flexibility index (Phi) is 8.85. The van der Waals surface area contributed by atoms with E-state index < -0.39 is 28.5 Å². The monoisotopic (exact) mass is 491 g/mol. The van der Waals surface area contributed by atoms with E-state index in [2.05, 4.69) is 10.6 Å². The van der Waals surface area contributed by atoms with Crippen molar-refractivity contribution < 1.29 is 32.6 Å². The molecule has 2 aromatic carbocycles. The van der Waals surface area contributed by atoms with Crippen molar-refractivity contribution in [3.8, 4) is 5.75 Å². The van der Waals surface area contributed by atoms with Crippen LogP contribution in [0.3, 0.4) is 0 Å². The number of para-hydroxylation sites is 1. The van der Waals surface area contributed by atoms with E-state index in [-0.39, 0.29) is 35.0 Å². The van der Waals surface area contributed by atoms with E-state index in [0.717, 1.165) is 19.3 Å². The lowest BCUT2D eigenvalue weighted by molar-refractivity contribution is -0.119. The average molecular weight is 492 g/mol. The zero-order valence-electron chi connectivity index (χ0n) is 19.0. The minimum absolute atomic E-state index is 0.0319. The summed E-state index contributed by atoms with van der Waals surface area (Å²) in [6, 6.07) is 10.9. The van der Waals surface area contributed by atoms with E-state index in [1.54, 1.807) is 24.3 Å². The molecule has 0 unspecified atom stereocenters. The van der Waals surface area contributed by atoms with Crippen molar-refractivity contribution in [3.05, 3.63) is 48.0 Å². The van der Waals surface area contributed by atoms with Gasteiger partial charge in [0.15, 0.2) is 6.61 Å². The van der Waals surface area contributed by atoms with Crippen LogP contribution in [0.4, 0.5) is 11.4 Å². The van der Waals surface area contributed by atoms with Crippen molar-refractivity contribution in [2.45, 2.75) is 24.2 Å². The summed E-state index contributed by atoms with van der Waals surface area (Å²) in [7, 11) is -2.41. The first-order valence-electron chi connectivity index (χ1n) is 11.0. The van der Waals surface area contributed by atoms with Crippen molar-refractivity contribution in [1.29, 1.82) is 0 Å². The molecule has 10 nitrogen and oxygen atoms in total. The number of nitrogens with one attached hydrogen (secondary N) is 2. The summed E-state index contributed by atoms with van der Waals surface area (Å²) >= 11 is 0. The average Bonchev–Trinajstić information content (AvgIpc) is 2.86. The topological polar surface area (TPSA) is 134 Å². The number of carbonyl (C=O) groups excluding carboxylic acids is 2. The number of amides is 1. The number of ether oxygens (including phenoxy) is 2. The fourth-order valence-corrected chi connectivity index (χ4v) is 5.31. The number of rotatable bonds is 10. The van der Waals surface area contributed by atoms with Crippen LogP contribution in [0.2, 0.25) is 0 Å². The maximum atomic E-state index is 13.1. The van der Waals surface area contributed by atoms with Gasteiger partial charge in [0.05, 0.1) is 19.3 Å². The molecule has 2 aromatic rings. The van der Waals surface area contributed by atoms with Gasteiger partial charge in [-0.1, -0.05) is 18.6 Å². The van der Waals surface area contributed by atoms with E-state index in [1.807, 2.05) is 0 Å². The highest BCUT2D eigenvalue weighted by atomic mass is 32.2. The van der Waals surface area contributed by atoms with Crippen molar-refractivity contribution in [2.75, 3.05) is 50.6 Å². The largest absolute Gasteiger partial charge is 0.495 e. The van der Waals surface area contributed by atoms with Gasteiger partial charge in [0, 0.05) is 31.0 Å². The minimum atomic E-state index is -3.79. The summed E-state index contributed by atoms with van der Waals surface area (Å²) in [5.74, 6) is -1.15. The second-order valence-corrected chi connectivity index (χ2v) is 9.56. The lowest BCUT2D eigenvalue weighted by Gasteiger charge is -2.26. The van der Waals surface area contributed by atoms with Gasteiger partial charge in [-0.2, -0.15) is 4.31 Å². The second-order valence-electron chi connectivity index (χ2n) is 7.65. The number of aliphatic hydroxyl groups excluding tert-OH is 1. The number of sulfonamides is 1. The highest BCUT2D eigenvalue weighted by Gasteiger charge is 2.29. The summed E-state index contributed by atoms with van der Waals surface area (Å²) in [6.45, 7) is 0.459. The van der Waals surface area contributed by atoms with Gasteiger partial charge < -0.3 is 25.2 Å². The molecule has 0 atom stereocenters. The Balaban J connectivity index is 1.67. The quantitative estimate of drug-likeness (QED) is 0.430. The van der Waals surface area contributed by atoms with Crippen LogP contribution in [0.5, 0.6) is 5.75 Å². The van der Waals surface area contributed by atoms with E-state index >= 15 is 0 Å². The van der Waals surface area contributed by atoms with Crippen LogP contribution < -0.4 is 15.4 Å². The molecule has 0 aliphatic carbocycles.